The lowest BCUT2D eigenvalue weighted by molar-refractivity contribution is -0.137. The van der Waals surface area contributed by atoms with Crippen LogP contribution in [-0.2, 0) is 19.1 Å². The fourth-order valence-corrected chi connectivity index (χ4v) is 16.6. The summed E-state index contributed by atoms with van der Waals surface area (Å²) in [5.74, 6) is -0.499. The van der Waals surface area contributed by atoms with Gasteiger partial charge in [0, 0.05) is 12.2 Å². The zero-order valence-corrected chi connectivity index (χ0v) is 96.1. The highest BCUT2D eigenvalue weighted by atomic mass is 16.5. The van der Waals surface area contributed by atoms with Crippen molar-refractivity contribution in [1.82, 2.24) is 0 Å². The maximum atomic E-state index is 12.7. The van der Waals surface area contributed by atoms with Gasteiger partial charge in [0.2, 0.25) is 0 Å². The average molecular weight is 1900 g/mol. The summed E-state index contributed by atoms with van der Waals surface area (Å²) >= 11 is 0. The Morgan fingerprint density at radius 3 is 0.374 bits per heavy atom. The van der Waals surface area contributed by atoms with Gasteiger partial charge in [-0.05, 0) is 521 Å². The molecule has 0 radical (unpaired) electrons. The molecule has 4 heteroatoms. The Labute approximate surface area is 862 Å². The maximum Gasteiger partial charge on any atom is 0.331 e. The molecule has 0 aliphatic carbocycles. The van der Waals surface area contributed by atoms with Gasteiger partial charge in [-0.15, -0.1) is 0 Å². The Balaban J connectivity index is 4.43. The largest absolute Gasteiger partial charge is 0.458 e. The molecule has 0 aromatic carbocycles. The molecule has 0 spiro atoms. The van der Waals surface area contributed by atoms with Gasteiger partial charge in [0.05, 0.1) is 0 Å². The normalized spacial score (nSPS) is 15.1. The minimum absolute atomic E-state index is 0.248. The Morgan fingerprint density at radius 2 is 0.237 bits per heavy atom. The smallest absolute Gasteiger partial charge is 0.331 e. The van der Waals surface area contributed by atoms with Crippen molar-refractivity contribution >= 4 is 11.9 Å². The van der Waals surface area contributed by atoms with Crippen LogP contribution < -0.4 is 0 Å². The summed E-state index contributed by atoms with van der Waals surface area (Å²) in [6.07, 6.45) is 116. The molecular formula is C135H214O4. The van der Waals surface area contributed by atoms with Crippen LogP contribution in [0.1, 0.15) is 509 Å². The Morgan fingerprint density at radius 1 is 0.129 bits per heavy atom. The molecule has 0 aliphatic rings. The SMILES string of the molecule is CC(C)=CCC/C(C)=C/CC/C(C)=C/CC/C(C)=C\CC/C(C)=C\CC/C(C)=C\CC/C(C)=C\CC/C(C)=C\CC/C(C)=C\C(=O)OC/C=C(/C)CC/C=C(/C)CC/C=C(/C)CC/C=C(/C)CC/C=C(/C)CC/C=C(/C)CC/C=C(\C)CC/C=C(\C)CC/C=C(\C)COC(=O)/C=C(/C)CC/C=C(/C)CC/C=C(/C)CC/C=C(/C)CC/C=C(/C)CC/C=C(/C)CC/C=C(\C)CC/C=C(\C)CCC=C(C)C. The summed E-state index contributed by atoms with van der Waals surface area (Å²) in [6, 6.07) is 0. The van der Waals surface area contributed by atoms with E-state index in [2.05, 4.69) is 339 Å². The summed E-state index contributed by atoms with van der Waals surface area (Å²) in [7, 11) is 0. The molecule has 0 aromatic heterocycles. The van der Waals surface area contributed by atoms with Gasteiger partial charge in [-0.3, -0.25) is 0 Å². The van der Waals surface area contributed by atoms with E-state index in [1.807, 2.05) is 13.8 Å². The van der Waals surface area contributed by atoms with Crippen LogP contribution in [0.15, 0.2) is 315 Å². The molecule has 0 amide bonds. The Hall–Kier alpha value is -8.08. The Kier molecular flexibility index (Phi) is 81.6. The summed E-state index contributed by atoms with van der Waals surface area (Å²) in [6.45, 7) is 65.6. The number of esters is 2. The van der Waals surface area contributed by atoms with E-state index in [0.717, 1.165) is 299 Å². The van der Waals surface area contributed by atoms with Crippen molar-refractivity contribution in [2.75, 3.05) is 13.2 Å². The summed E-state index contributed by atoms with van der Waals surface area (Å²) < 4.78 is 11.2. The standard InChI is InChI=1S/C135H214O4/c1-107(2)54-30-56-109(5)58-32-60-111(7)62-34-64-113(9)66-36-68-115(11)71-39-75-119(15)79-43-83-123(19)87-47-91-127(23)95-51-99-131(27)104-134(136)138-103-102-130(26)98-50-94-126(22)90-46-86-122(18)82-42-78-118(14)74-38-70-117(13)73-41-77-121(17)81-45-85-125(21)89-49-93-129(25)97-53-101-133(29)106-139-135(137)105-132(28)100-52-96-128(24)92-48-88-124(20)84-44-80-120(16)76-40-72-116(12)69-37-67-114(10)65-35-63-112(8)61-33-59-110(6)57-31-55-108(3)4/h54-55,58-59,62-63,66-67,70-72,77-80,85-88,93-96,101-102,104-105H,30-53,56-57,60-61,64-65,68-69,73-76,81-84,89-92,97-100,103,106H2,1-29H3/b109-58+,110-59+,111-62+,112-63+,113-66-,114-67-,115-71-,116-72-,117-70-,118-78-,119-79-,120-80-,121-77-,122-86-,123-87-,124-88-,125-85+,126-94-,127-95-,128-96-,129-93+,130-102-,131-104-,132-105-,133-101+. The molecular weight excluding hydrogens is 1690 g/mol. The first-order valence-electron chi connectivity index (χ1n) is 55.3. The first-order valence-corrected chi connectivity index (χ1v) is 55.3. The van der Waals surface area contributed by atoms with Crippen molar-refractivity contribution in [3.63, 3.8) is 0 Å². The molecule has 0 heterocycles. The number of carbonyl (C=O) groups is 2. The average Bonchev–Trinajstić information content (AvgIpc) is 0.982. The predicted octanol–water partition coefficient (Wildman–Crippen LogP) is 44.4. The number of rotatable bonds is 78. The van der Waals surface area contributed by atoms with Crippen LogP contribution >= 0.6 is 0 Å². The van der Waals surface area contributed by atoms with Gasteiger partial charge in [-0.1, -0.05) is 291 Å². The fourth-order valence-electron chi connectivity index (χ4n) is 16.6. The van der Waals surface area contributed by atoms with E-state index in [9.17, 15) is 9.59 Å². The lowest BCUT2D eigenvalue weighted by Crippen LogP contribution is -2.04. The van der Waals surface area contributed by atoms with Crippen molar-refractivity contribution in [3.05, 3.63) is 315 Å². The third-order valence-electron chi connectivity index (χ3n) is 26.7. The topological polar surface area (TPSA) is 52.6 Å². The summed E-state index contributed by atoms with van der Waals surface area (Å²) in [5.41, 5.74) is 38.5. The number of hydrogen-bond donors (Lipinski definition) is 0. The molecule has 0 aromatic rings. The van der Waals surface area contributed by atoms with E-state index in [4.69, 9.17) is 9.47 Å². The molecule has 0 bridgehead atoms. The quantitative estimate of drug-likeness (QED) is 0.0346. The van der Waals surface area contributed by atoms with E-state index in [1.54, 1.807) is 12.2 Å². The van der Waals surface area contributed by atoms with Gasteiger partial charge in [0.25, 0.3) is 0 Å². The van der Waals surface area contributed by atoms with Gasteiger partial charge >= 0.3 is 11.9 Å². The molecule has 0 N–H and O–H groups in total. The Bertz CT molecular complexity index is 4400. The highest BCUT2D eigenvalue weighted by Gasteiger charge is 2.08. The third kappa shape index (κ3) is 88.6. The van der Waals surface area contributed by atoms with Crippen LogP contribution in [0, 0.1) is 0 Å². The maximum absolute atomic E-state index is 12.7. The van der Waals surface area contributed by atoms with Gasteiger partial charge in [0.15, 0.2) is 0 Å². The minimum atomic E-state index is -0.252. The molecule has 0 unspecified atom stereocenters. The summed E-state index contributed by atoms with van der Waals surface area (Å²) in [5, 5.41) is 0. The van der Waals surface area contributed by atoms with Crippen LogP contribution in [0.3, 0.4) is 0 Å². The van der Waals surface area contributed by atoms with Gasteiger partial charge in [-0.2, -0.15) is 0 Å². The van der Waals surface area contributed by atoms with Gasteiger partial charge in [-0.25, -0.2) is 9.59 Å². The predicted molar refractivity (Wildman–Crippen MR) is 626 cm³/mol. The molecule has 0 aliphatic heterocycles. The highest BCUT2D eigenvalue weighted by Crippen LogP contribution is 2.26. The first-order chi connectivity index (χ1) is 66.3. The fraction of sp³-hybridized carbons (Fsp3) is 0.585. The van der Waals surface area contributed by atoms with Gasteiger partial charge in [0.1, 0.15) is 13.2 Å². The van der Waals surface area contributed by atoms with E-state index >= 15 is 0 Å². The van der Waals surface area contributed by atoms with Gasteiger partial charge < -0.3 is 9.47 Å². The van der Waals surface area contributed by atoms with E-state index in [0.29, 0.717) is 13.2 Å². The van der Waals surface area contributed by atoms with E-state index < -0.39 is 0 Å². The van der Waals surface area contributed by atoms with Crippen molar-refractivity contribution < 1.29 is 19.1 Å². The molecule has 0 atom stereocenters. The van der Waals surface area contributed by atoms with Crippen LogP contribution in [0.4, 0.5) is 0 Å². The molecule has 0 rings (SSSR count). The lowest BCUT2D eigenvalue weighted by Gasteiger charge is -2.05. The van der Waals surface area contributed by atoms with E-state index in [-0.39, 0.29) is 11.9 Å². The molecule has 0 fully saturated rings. The zero-order valence-electron chi connectivity index (χ0n) is 96.1. The number of ether oxygens (including phenoxy) is 2. The number of carbonyl (C=O) groups excluding carboxylic acids is 2. The van der Waals surface area contributed by atoms with Crippen molar-refractivity contribution in [2.45, 2.75) is 509 Å². The zero-order chi connectivity index (χ0) is 104. The van der Waals surface area contributed by atoms with Crippen LogP contribution in [0.5, 0.6) is 0 Å². The second-order valence-corrected chi connectivity index (χ2v) is 42.9. The second-order valence-electron chi connectivity index (χ2n) is 42.9. The van der Waals surface area contributed by atoms with E-state index in [1.165, 1.54) is 159 Å². The molecule has 0 saturated heterocycles. The van der Waals surface area contributed by atoms with Crippen molar-refractivity contribution in [3.8, 4) is 0 Å². The first kappa shape index (κ1) is 131. The van der Waals surface area contributed by atoms with Crippen molar-refractivity contribution in [2.24, 2.45) is 0 Å². The number of allylic oxidation sites excluding steroid dienone is 50. The van der Waals surface area contributed by atoms with Crippen LogP contribution in [0.25, 0.3) is 0 Å². The number of hydrogen-bond acceptors (Lipinski definition) is 4. The minimum Gasteiger partial charge on any atom is -0.458 e. The van der Waals surface area contributed by atoms with Crippen molar-refractivity contribution in [1.29, 1.82) is 0 Å². The monoisotopic (exact) mass is 1900 g/mol. The molecule has 4 nitrogen and oxygen atoms in total. The summed E-state index contributed by atoms with van der Waals surface area (Å²) in [4.78, 5) is 25.4. The highest BCUT2D eigenvalue weighted by molar-refractivity contribution is 5.83. The molecule has 139 heavy (non-hydrogen) atoms. The third-order valence-corrected chi connectivity index (χ3v) is 26.7. The lowest BCUT2D eigenvalue weighted by atomic mass is 10.0. The molecule has 0 saturated carbocycles. The van der Waals surface area contributed by atoms with Crippen LogP contribution in [0.2, 0.25) is 0 Å². The molecule has 778 valence electrons. The van der Waals surface area contributed by atoms with Crippen LogP contribution in [-0.4, -0.2) is 25.2 Å². The second kappa shape index (κ2) is 86.6.